The monoisotopic (exact) mass is 740 g/mol. The number of H-pyrrole nitrogens is 2. The Labute approximate surface area is 311 Å². The molecule has 280 valence electrons. The summed E-state index contributed by atoms with van der Waals surface area (Å²) in [6.45, 7) is 9.19. The molecule has 1 aliphatic rings. The minimum absolute atomic E-state index is 0.0592. The Morgan fingerprint density at radius 3 is 2.45 bits per heavy atom. The second-order valence-electron chi connectivity index (χ2n) is 14.7. The lowest BCUT2D eigenvalue weighted by molar-refractivity contribution is -0.138. The number of benzene rings is 2. The van der Waals surface area contributed by atoms with E-state index in [0.717, 1.165) is 91.2 Å². The quantitative estimate of drug-likeness (QED) is 0.0708. The number of aromatic nitrogens is 6. The predicted molar refractivity (Wildman–Crippen MR) is 207 cm³/mol. The topological polar surface area (TPSA) is 200 Å². The highest BCUT2D eigenvalue weighted by atomic mass is 32.1. The number of nitrogens with two attached hydrogens (primary N) is 1. The first-order chi connectivity index (χ1) is 25.6. The molecule has 1 aliphatic heterocycles. The molecular formula is C38H48N10O4S. The average molecular weight is 741 g/mol. The number of likely N-dealkylation sites (tertiary alicyclic amines) is 1. The standard InChI is InChI=1S/C38H48N10O4S/c1-19(2)28(44-38(50)52-5)18-21(8-6-16-39)34-41-24-13-12-23-22(31(24)45-34)10-11-27(40-23)36-43-26-15-14-25-32(33(26)53-36)46-35(42-25)29-9-7-17-48(29)37(49)30(47-51)20(3)4/h10-15,19-21,28-30,47,51H,6-9,16-18,39H2,1-5H3,(H,41,45)(H,42,46)(H,44,50)/t21?,28-,29+,30+/m1/s1. The van der Waals surface area contributed by atoms with Crippen LogP contribution in [0.3, 0.4) is 0 Å². The van der Waals surface area contributed by atoms with Crippen LogP contribution in [0.4, 0.5) is 4.79 Å². The molecule has 1 saturated heterocycles. The van der Waals surface area contributed by atoms with E-state index in [1.165, 1.54) is 7.11 Å². The highest BCUT2D eigenvalue weighted by molar-refractivity contribution is 7.22. The third kappa shape index (κ3) is 7.18. The number of alkyl carbamates (subject to hydrolysis) is 1. The van der Waals surface area contributed by atoms with Crippen LogP contribution in [0.2, 0.25) is 0 Å². The van der Waals surface area contributed by atoms with E-state index in [9.17, 15) is 14.8 Å². The maximum atomic E-state index is 13.3. The van der Waals surface area contributed by atoms with Gasteiger partial charge < -0.3 is 35.9 Å². The van der Waals surface area contributed by atoms with Crippen LogP contribution in [0.5, 0.6) is 0 Å². The van der Waals surface area contributed by atoms with Crippen molar-refractivity contribution in [2.24, 2.45) is 17.6 Å². The number of hydrogen-bond donors (Lipinski definition) is 6. The van der Waals surface area contributed by atoms with Crippen molar-refractivity contribution in [2.45, 2.75) is 83.8 Å². The van der Waals surface area contributed by atoms with Gasteiger partial charge in [-0.05, 0) is 86.9 Å². The summed E-state index contributed by atoms with van der Waals surface area (Å²) in [5.41, 5.74) is 14.0. The van der Waals surface area contributed by atoms with Gasteiger partial charge in [0.25, 0.3) is 0 Å². The number of ether oxygens (including phenoxy) is 1. The number of hydroxylamine groups is 1. The highest BCUT2D eigenvalue weighted by Gasteiger charge is 2.37. The highest BCUT2D eigenvalue weighted by Crippen LogP contribution is 2.38. The summed E-state index contributed by atoms with van der Waals surface area (Å²) in [7, 11) is 1.38. The van der Waals surface area contributed by atoms with Crippen molar-refractivity contribution in [2.75, 3.05) is 20.2 Å². The number of nitrogens with zero attached hydrogens (tertiary/aromatic N) is 5. The van der Waals surface area contributed by atoms with E-state index in [1.807, 2.05) is 49.1 Å². The number of fused-ring (bicyclic) bond motifs is 6. The number of imidazole rings is 2. The van der Waals surface area contributed by atoms with Crippen LogP contribution in [0.15, 0.2) is 36.4 Å². The maximum absolute atomic E-state index is 13.3. The Morgan fingerprint density at radius 2 is 1.74 bits per heavy atom. The van der Waals surface area contributed by atoms with Crippen LogP contribution < -0.4 is 16.5 Å². The molecule has 4 aromatic heterocycles. The van der Waals surface area contributed by atoms with E-state index in [2.05, 4.69) is 40.7 Å². The van der Waals surface area contributed by atoms with E-state index in [0.29, 0.717) is 19.5 Å². The normalized spacial score (nSPS) is 16.8. The van der Waals surface area contributed by atoms with Crippen molar-refractivity contribution in [1.29, 1.82) is 0 Å². The van der Waals surface area contributed by atoms with Crippen molar-refractivity contribution in [3.8, 4) is 10.7 Å². The molecular weight excluding hydrogens is 693 g/mol. The Balaban J connectivity index is 1.18. The number of methoxy groups -OCH3 is 1. The summed E-state index contributed by atoms with van der Waals surface area (Å²) in [5.74, 6) is 1.69. The summed E-state index contributed by atoms with van der Waals surface area (Å²) in [6, 6.07) is 11.0. The third-order valence-electron chi connectivity index (χ3n) is 10.5. The van der Waals surface area contributed by atoms with Gasteiger partial charge in [0, 0.05) is 23.9 Å². The lowest BCUT2D eigenvalue weighted by atomic mass is 9.89. The molecule has 0 spiro atoms. The largest absolute Gasteiger partial charge is 0.453 e. The molecule has 0 saturated carbocycles. The van der Waals surface area contributed by atoms with Crippen molar-refractivity contribution < 1.29 is 19.5 Å². The molecule has 7 N–H and O–H groups in total. The first-order valence-corrected chi connectivity index (χ1v) is 19.2. The minimum Gasteiger partial charge on any atom is -0.453 e. The van der Waals surface area contributed by atoms with Crippen LogP contribution in [-0.4, -0.2) is 84.3 Å². The summed E-state index contributed by atoms with van der Waals surface area (Å²) in [4.78, 5) is 54.4. The number of aromatic amines is 2. The first kappa shape index (κ1) is 36.6. The number of amides is 2. The fraction of sp³-hybridized carbons (Fsp3) is 0.474. The number of carbonyl (C=O) groups excluding carboxylic acids is 2. The molecule has 1 unspecified atom stereocenters. The van der Waals surface area contributed by atoms with Gasteiger partial charge in [-0.15, -0.1) is 11.3 Å². The van der Waals surface area contributed by atoms with Gasteiger partial charge in [-0.2, -0.15) is 5.48 Å². The van der Waals surface area contributed by atoms with Crippen LogP contribution >= 0.6 is 11.3 Å². The number of rotatable bonds is 13. The summed E-state index contributed by atoms with van der Waals surface area (Å²) >= 11 is 1.56. The molecule has 15 heteroatoms. The zero-order valence-electron chi connectivity index (χ0n) is 30.8. The first-order valence-electron chi connectivity index (χ1n) is 18.4. The van der Waals surface area contributed by atoms with Gasteiger partial charge >= 0.3 is 6.09 Å². The zero-order valence-corrected chi connectivity index (χ0v) is 31.6. The number of hydrogen-bond acceptors (Lipinski definition) is 11. The zero-order chi connectivity index (χ0) is 37.4. The van der Waals surface area contributed by atoms with Crippen molar-refractivity contribution >= 4 is 66.5 Å². The Morgan fingerprint density at radius 1 is 0.981 bits per heavy atom. The molecule has 2 aromatic carbocycles. The smallest absolute Gasteiger partial charge is 0.407 e. The summed E-state index contributed by atoms with van der Waals surface area (Å²) < 4.78 is 5.87. The van der Waals surface area contributed by atoms with Gasteiger partial charge in [0.15, 0.2) is 0 Å². The van der Waals surface area contributed by atoms with E-state index in [4.69, 9.17) is 30.4 Å². The average Bonchev–Trinajstić information content (AvgIpc) is 3.96. The van der Waals surface area contributed by atoms with Gasteiger partial charge in [-0.1, -0.05) is 27.7 Å². The molecule has 0 radical (unpaired) electrons. The van der Waals surface area contributed by atoms with E-state index >= 15 is 0 Å². The van der Waals surface area contributed by atoms with E-state index in [1.54, 1.807) is 11.3 Å². The molecule has 7 rings (SSSR count). The van der Waals surface area contributed by atoms with Gasteiger partial charge in [0.2, 0.25) is 5.91 Å². The van der Waals surface area contributed by atoms with E-state index < -0.39 is 12.1 Å². The van der Waals surface area contributed by atoms with Gasteiger partial charge in [0.05, 0.1) is 56.6 Å². The molecule has 1 fully saturated rings. The number of nitrogens with one attached hydrogen (secondary N) is 4. The molecule has 6 aromatic rings. The summed E-state index contributed by atoms with van der Waals surface area (Å²) in [6.07, 6.45) is 3.60. The second kappa shape index (κ2) is 15.3. The lowest BCUT2D eigenvalue weighted by Crippen LogP contribution is -2.48. The summed E-state index contributed by atoms with van der Waals surface area (Å²) in [5, 5.41) is 14.4. The molecule has 4 atom stereocenters. The molecule has 5 heterocycles. The number of thiazole rings is 1. The van der Waals surface area contributed by atoms with Crippen molar-refractivity contribution in [1.82, 2.24) is 45.6 Å². The van der Waals surface area contributed by atoms with Crippen LogP contribution in [0.25, 0.3) is 53.9 Å². The van der Waals surface area contributed by atoms with Gasteiger partial charge in [-0.3, -0.25) is 4.79 Å². The fourth-order valence-electron chi connectivity index (χ4n) is 7.49. The lowest BCUT2D eigenvalue weighted by Gasteiger charge is -2.28. The third-order valence-corrected chi connectivity index (χ3v) is 11.6. The van der Waals surface area contributed by atoms with Crippen LogP contribution in [-0.2, 0) is 9.53 Å². The molecule has 53 heavy (non-hydrogen) atoms. The Bertz CT molecular complexity index is 2260. The van der Waals surface area contributed by atoms with E-state index in [-0.39, 0.29) is 35.7 Å². The van der Waals surface area contributed by atoms with Crippen LogP contribution in [0.1, 0.15) is 83.4 Å². The van der Waals surface area contributed by atoms with Gasteiger partial charge in [-0.25, -0.2) is 24.7 Å². The SMILES string of the molecule is COC(=O)N[C@H](CC(CCCN)c1nc2ccc3nc(-c4nc5ccc6nc([C@@H]7CCCN7C(=O)[C@@H](NO)C(C)C)[nH]c6c5s4)ccc3c2[nH]1)C(C)C. The molecule has 14 nitrogen and oxygen atoms in total. The van der Waals surface area contributed by atoms with Gasteiger partial charge in [0.1, 0.15) is 22.7 Å². The predicted octanol–water partition coefficient (Wildman–Crippen LogP) is 6.52. The minimum atomic E-state index is -0.672. The molecule has 0 bridgehead atoms. The van der Waals surface area contributed by atoms with Crippen LogP contribution in [0, 0.1) is 11.8 Å². The number of pyridine rings is 1. The molecule has 2 amide bonds. The van der Waals surface area contributed by atoms with Crippen molar-refractivity contribution in [3.05, 3.63) is 48.0 Å². The Hall–Kier alpha value is -4.70. The molecule has 0 aliphatic carbocycles. The Kier molecular flexibility index (Phi) is 10.6. The number of carbonyl (C=O) groups is 2. The fourth-order valence-corrected chi connectivity index (χ4v) is 8.52. The maximum Gasteiger partial charge on any atom is 0.407 e. The second-order valence-corrected chi connectivity index (χ2v) is 15.7. The van der Waals surface area contributed by atoms with Crippen molar-refractivity contribution in [3.63, 3.8) is 0 Å².